The van der Waals surface area contributed by atoms with Gasteiger partial charge in [0, 0.05) is 0 Å². The Morgan fingerprint density at radius 1 is 1.39 bits per heavy atom. The van der Waals surface area contributed by atoms with Crippen molar-refractivity contribution in [3.8, 4) is 0 Å². The van der Waals surface area contributed by atoms with Crippen LogP contribution in [0.15, 0.2) is 18.2 Å². The molecule has 0 spiro atoms. The van der Waals surface area contributed by atoms with Crippen molar-refractivity contribution in [2.75, 3.05) is 6.54 Å². The van der Waals surface area contributed by atoms with Crippen LogP contribution in [0.25, 0.3) is 4.85 Å². The van der Waals surface area contributed by atoms with Gasteiger partial charge in [-0.1, -0.05) is 18.2 Å². The highest BCUT2D eigenvalue weighted by molar-refractivity contribution is 5.79. The molecule has 1 aromatic rings. The third-order valence-corrected chi connectivity index (χ3v) is 3.47. The van der Waals surface area contributed by atoms with Gasteiger partial charge in [0.2, 0.25) is 0 Å². The number of amides is 1. The first kappa shape index (κ1) is 12.6. The van der Waals surface area contributed by atoms with Crippen molar-refractivity contribution in [3.05, 3.63) is 46.3 Å². The van der Waals surface area contributed by atoms with Gasteiger partial charge in [-0.25, -0.2) is 6.57 Å². The largest absolute Gasteiger partial charge is 0.343 e. The van der Waals surface area contributed by atoms with Crippen molar-refractivity contribution in [1.82, 2.24) is 5.32 Å². The van der Waals surface area contributed by atoms with Gasteiger partial charge < -0.3 is 10.2 Å². The summed E-state index contributed by atoms with van der Waals surface area (Å²) in [5, 5.41) is 2.85. The predicted octanol–water partition coefficient (Wildman–Crippen LogP) is 2.66. The molecule has 0 fully saturated rings. The summed E-state index contributed by atoms with van der Waals surface area (Å²) in [4.78, 5) is 14.5. The van der Waals surface area contributed by atoms with Gasteiger partial charge in [0.1, 0.15) is 0 Å². The van der Waals surface area contributed by atoms with Gasteiger partial charge in [-0.15, -0.1) is 0 Å². The minimum absolute atomic E-state index is 0.0218. The molecule has 0 aliphatic heterocycles. The van der Waals surface area contributed by atoms with Gasteiger partial charge in [0.25, 0.3) is 6.54 Å². The Morgan fingerprint density at radius 2 is 2.11 bits per heavy atom. The highest BCUT2D eigenvalue weighted by atomic mass is 16.1. The van der Waals surface area contributed by atoms with Gasteiger partial charge in [-0.05, 0) is 49.3 Å². The highest BCUT2D eigenvalue weighted by Gasteiger charge is 2.14. The zero-order valence-corrected chi connectivity index (χ0v) is 10.7. The maximum Gasteiger partial charge on any atom is 0.300 e. The molecule has 1 N–H and O–H groups in total. The number of hydrogen-bond acceptors (Lipinski definition) is 1. The molecule has 1 atom stereocenters. The molecule has 0 saturated carbocycles. The Bertz CT molecular complexity index is 488. The lowest BCUT2D eigenvalue weighted by Crippen LogP contribution is -2.28. The number of carbonyl (C=O) groups is 1. The topological polar surface area (TPSA) is 33.5 Å². The fraction of sp³-hybridized carbons (Fsp3) is 0.467. The Morgan fingerprint density at radius 3 is 2.83 bits per heavy atom. The van der Waals surface area contributed by atoms with Crippen LogP contribution in [0.5, 0.6) is 0 Å². The molecule has 0 aromatic heterocycles. The van der Waals surface area contributed by atoms with E-state index in [9.17, 15) is 4.79 Å². The molecule has 1 aliphatic rings. The summed E-state index contributed by atoms with van der Waals surface area (Å²) in [5.41, 5.74) is 4.00. The van der Waals surface area contributed by atoms with Gasteiger partial charge >= 0.3 is 5.91 Å². The number of nitrogens with zero attached hydrogens (tertiary/aromatic N) is 1. The second-order valence-corrected chi connectivity index (χ2v) is 4.84. The Hall–Kier alpha value is -1.82. The summed E-state index contributed by atoms with van der Waals surface area (Å²) in [6.45, 7) is 8.55. The van der Waals surface area contributed by atoms with Crippen LogP contribution in [0.1, 0.15) is 42.5 Å². The van der Waals surface area contributed by atoms with Gasteiger partial charge in [-0.3, -0.25) is 4.79 Å². The number of rotatable bonds is 3. The fourth-order valence-corrected chi connectivity index (χ4v) is 2.46. The van der Waals surface area contributed by atoms with Crippen molar-refractivity contribution >= 4 is 5.91 Å². The summed E-state index contributed by atoms with van der Waals surface area (Å²) in [7, 11) is 0. The van der Waals surface area contributed by atoms with Crippen LogP contribution in [0, 0.1) is 6.57 Å². The minimum Gasteiger partial charge on any atom is -0.343 e. The molecule has 1 amide bonds. The van der Waals surface area contributed by atoms with E-state index in [4.69, 9.17) is 6.57 Å². The first-order valence-corrected chi connectivity index (χ1v) is 6.45. The third-order valence-electron chi connectivity index (χ3n) is 3.47. The summed E-state index contributed by atoms with van der Waals surface area (Å²) in [6.07, 6.45) is 4.86. The fourth-order valence-electron chi connectivity index (χ4n) is 2.46. The summed E-state index contributed by atoms with van der Waals surface area (Å²) >= 11 is 0. The molecule has 3 heteroatoms. The molecule has 2 rings (SSSR count). The number of fused-ring (bicyclic) bond motifs is 1. The number of carbonyl (C=O) groups excluding carboxylic acids is 1. The van der Waals surface area contributed by atoms with E-state index in [0.29, 0.717) is 0 Å². The molecule has 18 heavy (non-hydrogen) atoms. The monoisotopic (exact) mass is 242 g/mol. The average molecular weight is 242 g/mol. The third kappa shape index (κ3) is 2.89. The predicted molar refractivity (Wildman–Crippen MR) is 71.1 cm³/mol. The second kappa shape index (κ2) is 5.68. The van der Waals surface area contributed by atoms with E-state index < -0.39 is 0 Å². The second-order valence-electron chi connectivity index (χ2n) is 4.84. The van der Waals surface area contributed by atoms with Crippen LogP contribution < -0.4 is 5.32 Å². The lowest BCUT2D eigenvalue weighted by atomic mass is 9.89. The molecule has 0 saturated heterocycles. The van der Waals surface area contributed by atoms with Crippen molar-refractivity contribution in [2.45, 2.75) is 38.6 Å². The summed E-state index contributed by atoms with van der Waals surface area (Å²) < 4.78 is 0. The maximum atomic E-state index is 11.4. The molecule has 0 bridgehead atoms. The van der Waals surface area contributed by atoms with E-state index in [-0.39, 0.29) is 18.5 Å². The SMILES string of the molecule is [C-]#[N+]CC(=O)NC(C)c1ccc2c(c1)CCCC2. The van der Waals surface area contributed by atoms with Gasteiger partial charge in [0.05, 0.1) is 6.04 Å². The number of hydrogen-bond donors (Lipinski definition) is 1. The van der Waals surface area contributed by atoms with E-state index in [1.807, 2.05) is 6.92 Å². The van der Waals surface area contributed by atoms with Crippen molar-refractivity contribution < 1.29 is 4.79 Å². The van der Waals surface area contributed by atoms with Crippen LogP contribution in [0.4, 0.5) is 0 Å². The maximum absolute atomic E-state index is 11.4. The van der Waals surface area contributed by atoms with Crippen LogP contribution in [-0.2, 0) is 17.6 Å². The molecule has 0 heterocycles. The van der Waals surface area contributed by atoms with Crippen LogP contribution in [-0.4, -0.2) is 12.5 Å². The zero-order chi connectivity index (χ0) is 13.0. The molecule has 3 nitrogen and oxygen atoms in total. The van der Waals surface area contributed by atoms with Gasteiger partial charge in [0.15, 0.2) is 0 Å². The molecule has 1 aliphatic carbocycles. The summed E-state index contributed by atoms with van der Waals surface area (Å²) in [5.74, 6) is -0.199. The number of benzene rings is 1. The first-order valence-electron chi connectivity index (χ1n) is 6.45. The number of aryl methyl sites for hydroxylation is 2. The molecule has 94 valence electrons. The quantitative estimate of drug-likeness (QED) is 0.812. The number of nitrogens with one attached hydrogen (secondary N) is 1. The van der Waals surface area contributed by atoms with E-state index >= 15 is 0 Å². The first-order chi connectivity index (χ1) is 8.70. The van der Waals surface area contributed by atoms with E-state index in [2.05, 4.69) is 28.4 Å². The van der Waals surface area contributed by atoms with Gasteiger partial charge in [-0.2, -0.15) is 0 Å². The minimum atomic E-state index is -0.199. The van der Waals surface area contributed by atoms with Crippen LogP contribution in [0.2, 0.25) is 0 Å². The van der Waals surface area contributed by atoms with Crippen molar-refractivity contribution in [1.29, 1.82) is 0 Å². The molecular formula is C15H18N2O. The highest BCUT2D eigenvalue weighted by Crippen LogP contribution is 2.24. The van der Waals surface area contributed by atoms with Crippen molar-refractivity contribution in [3.63, 3.8) is 0 Å². The van der Waals surface area contributed by atoms with Crippen LogP contribution >= 0.6 is 0 Å². The zero-order valence-electron chi connectivity index (χ0n) is 10.7. The Balaban J connectivity index is 2.09. The average Bonchev–Trinajstić information content (AvgIpc) is 2.38. The molecule has 0 radical (unpaired) electrons. The Labute approximate surface area is 108 Å². The summed E-state index contributed by atoms with van der Waals surface area (Å²) in [6, 6.07) is 6.46. The lowest BCUT2D eigenvalue weighted by Gasteiger charge is -2.19. The molecule has 1 unspecified atom stereocenters. The standard InChI is InChI=1S/C15H18N2O/c1-11(17-15(18)10-16-2)13-8-7-12-5-3-4-6-14(12)9-13/h7-9,11H,3-6,10H2,1H3,(H,17,18). The Kier molecular flexibility index (Phi) is 3.99. The smallest absolute Gasteiger partial charge is 0.300 e. The van der Waals surface area contributed by atoms with Crippen molar-refractivity contribution in [2.24, 2.45) is 0 Å². The van der Waals surface area contributed by atoms with E-state index in [1.54, 1.807) is 0 Å². The van der Waals surface area contributed by atoms with E-state index in [1.165, 1.54) is 30.4 Å². The normalized spacial score (nSPS) is 15.3. The molecular weight excluding hydrogens is 224 g/mol. The lowest BCUT2D eigenvalue weighted by molar-refractivity contribution is -0.119. The van der Waals surface area contributed by atoms with Crippen LogP contribution in [0.3, 0.4) is 0 Å². The molecule has 1 aromatic carbocycles. The van der Waals surface area contributed by atoms with E-state index in [0.717, 1.165) is 12.0 Å².